The maximum absolute atomic E-state index is 5.23. The minimum Gasteiger partial charge on any atom is -0.493 e. The van der Waals surface area contributed by atoms with Gasteiger partial charge in [-0.3, -0.25) is 4.99 Å². The first kappa shape index (κ1) is 13.5. The lowest BCUT2D eigenvalue weighted by Gasteiger charge is -2.07. The molecule has 1 N–H and O–H groups in total. The minimum atomic E-state index is 0.728. The van der Waals surface area contributed by atoms with Crippen LogP contribution in [0.25, 0.3) is 0 Å². The fraction of sp³-hybridized carbons (Fsp3) is 0.462. The lowest BCUT2D eigenvalue weighted by Crippen LogP contribution is -2.08. The highest BCUT2D eigenvalue weighted by atomic mass is 16.5. The molecule has 0 heterocycles. The smallest absolute Gasteiger partial charge is 0.161 e. The Bertz CT molecular complexity index is 364. The standard InChI is InChI=1S/C13H20N2O2/c1-14-7-4-8-15-10-11-5-6-12(16-2)13(9-11)17-3/h5-6,9-10,14H,4,7-8H2,1-3H3. The fourth-order valence-electron chi connectivity index (χ4n) is 1.45. The van der Waals surface area contributed by atoms with Gasteiger partial charge in [-0.25, -0.2) is 0 Å². The molecule has 0 bridgehead atoms. The molecule has 1 aromatic rings. The second-order valence-electron chi connectivity index (χ2n) is 3.61. The molecule has 0 aromatic heterocycles. The lowest BCUT2D eigenvalue weighted by atomic mass is 10.2. The van der Waals surface area contributed by atoms with Crippen molar-refractivity contribution in [1.82, 2.24) is 5.32 Å². The first-order valence-electron chi connectivity index (χ1n) is 5.68. The number of methoxy groups -OCH3 is 2. The van der Waals surface area contributed by atoms with E-state index in [-0.39, 0.29) is 0 Å². The highest BCUT2D eigenvalue weighted by Crippen LogP contribution is 2.26. The molecule has 0 amide bonds. The van der Waals surface area contributed by atoms with E-state index in [1.165, 1.54) is 0 Å². The number of hydrogen-bond acceptors (Lipinski definition) is 4. The summed E-state index contributed by atoms with van der Waals surface area (Å²) in [5.41, 5.74) is 1.02. The Hall–Kier alpha value is -1.55. The molecular formula is C13H20N2O2. The Morgan fingerprint density at radius 3 is 2.65 bits per heavy atom. The van der Waals surface area contributed by atoms with E-state index in [0.29, 0.717) is 0 Å². The van der Waals surface area contributed by atoms with Crippen LogP contribution in [0.4, 0.5) is 0 Å². The van der Waals surface area contributed by atoms with Crippen molar-refractivity contribution in [3.8, 4) is 11.5 Å². The Kier molecular flexibility index (Phi) is 6.10. The molecular weight excluding hydrogens is 216 g/mol. The third-order valence-electron chi connectivity index (χ3n) is 2.36. The van der Waals surface area contributed by atoms with Crippen LogP contribution in [-0.2, 0) is 0 Å². The van der Waals surface area contributed by atoms with Crippen molar-refractivity contribution >= 4 is 6.21 Å². The van der Waals surface area contributed by atoms with Crippen LogP contribution in [0.2, 0.25) is 0 Å². The molecule has 0 atom stereocenters. The summed E-state index contributed by atoms with van der Waals surface area (Å²) in [6.45, 7) is 1.82. The Labute approximate surface area is 103 Å². The number of nitrogens with zero attached hydrogens (tertiary/aromatic N) is 1. The van der Waals surface area contributed by atoms with Gasteiger partial charge in [0.25, 0.3) is 0 Å². The molecule has 0 aliphatic carbocycles. The van der Waals surface area contributed by atoms with Gasteiger partial charge in [0.2, 0.25) is 0 Å². The molecule has 4 heteroatoms. The number of hydrogen-bond donors (Lipinski definition) is 1. The zero-order valence-electron chi connectivity index (χ0n) is 10.7. The van der Waals surface area contributed by atoms with Crippen LogP contribution in [0.5, 0.6) is 11.5 Å². The largest absolute Gasteiger partial charge is 0.493 e. The number of benzene rings is 1. The first-order chi connectivity index (χ1) is 8.31. The average Bonchev–Trinajstić information content (AvgIpc) is 2.38. The van der Waals surface area contributed by atoms with Crippen molar-refractivity contribution < 1.29 is 9.47 Å². The Morgan fingerprint density at radius 1 is 1.24 bits per heavy atom. The summed E-state index contributed by atoms with van der Waals surface area (Å²) in [4.78, 5) is 4.35. The molecule has 0 saturated heterocycles. The maximum atomic E-state index is 5.23. The Balaban J connectivity index is 2.59. The maximum Gasteiger partial charge on any atom is 0.161 e. The van der Waals surface area contributed by atoms with Gasteiger partial charge in [0.1, 0.15) is 0 Å². The summed E-state index contributed by atoms with van der Waals surface area (Å²) >= 11 is 0. The zero-order chi connectivity index (χ0) is 12.5. The highest BCUT2D eigenvalue weighted by Gasteiger charge is 2.02. The molecule has 0 unspecified atom stereocenters. The van der Waals surface area contributed by atoms with Gasteiger partial charge in [0.05, 0.1) is 14.2 Å². The summed E-state index contributed by atoms with van der Waals surface area (Å²) in [5, 5.41) is 3.09. The summed E-state index contributed by atoms with van der Waals surface area (Å²) in [7, 11) is 5.20. The van der Waals surface area contributed by atoms with Gasteiger partial charge in [-0.05, 0) is 43.8 Å². The van der Waals surface area contributed by atoms with Crippen LogP contribution >= 0.6 is 0 Å². The number of nitrogens with one attached hydrogen (secondary N) is 1. The monoisotopic (exact) mass is 236 g/mol. The molecule has 0 fully saturated rings. The van der Waals surface area contributed by atoms with Crippen molar-refractivity contribution in [2.24, 2.45) is 4.99 Å². The quantitative estimate of drug-likeness (QED) is 0.579. The topological polar surface area (TPSA) is 42.9 Å². The highest BCUT2D eigenvalue weighted by molar-refractivity contribution is 5.80. The Morgan fingerprint density at radius 2 is 2.00 bits per heavy atom. The molecule has 0 spiro atoms. The predicted molar refractivity (Wildman–Crippen MR) is 70.6 cm³/mol. The minimum absolute atomic E-state index is 0.728. The molecule has 0 aliphatic heterocycles. The summed E-state index contributed by atoms with van der Waals surface area (Å²) in [5.74, 6) is 1.46. The second-order valence-corrected chi connectivity index (χ2v) is 3.61. The average molecular weight is 236 g/mol. The fourth-order valence-corrected chi connectivity index (χ4v) is 1.45. The number of aliphatic imine (C=N–C) groups is 1. The van der Waals surface area contributed by atoms with Crippen LogP contribution in [0.1, 0.15) is 12.0 Å². The number of rotatable bonds is 7. The lowest BCUT2D eigenvalue weighted by molar-refractivity contribution is 0.355. The van der Waals surface area contributed by atoms with Crippen LogP contribution in [0.15, 0.2) is 23.2 Å². The van der Waals surface area contributed by atoms with Crippen molar-refractivity contribution in [1.29, 1.82) is 0 Å². The van der Waals surface area contributed by atoms with E-state index in [0.717, 1.165) is 36.6 Å². The van der Waals surface area contributed by atoms with Crippen LogP contribution < -0.4 is 14.8 Å². The summed E-state index contributed by atoms with van der Waals surface area (Å²) in [6.07, 6.45) is 2.90. The second kappa shape index (κ2) is 7.68. The summed E-state index contributed by atoms with van der Waals surface area (Å²) in [6, 6.07) is 5.76. The van der Waals surface area contributed by atoms with Crippen molar-refractivity contribution in [3.05, 3.63) is 23.8 Å². The van der Waals surface area contributed by atoms with E-state index in [9.17, 15) is 0 Å². The first-order valence-corrected chi connectivity index (χ1v) is 5.68. The van der Waals surface area contributed by atoms with E-state index in [1.807, 2.05) is 31.5 Å². The van der Waals surface area contributed by atoms with Crippen LogP contribution in [-0.4, -0.2) is 40.6 Å². The third kappa shape index (κ3) is 4.44. The van der Waals surface area contributed by atoms with Gasteiger partial charge >= 0.3 is 0 Å². The summed E-state index contributed by atoms with van der Waals surface area (Å²) < 4.78 is 10.4. The van der Waals surface area contributed by atoms with Crippen LogP contribution in [0.3, 0.4) is 0 Å². The van der Waals surface area contributed by atoms with E-state index < -0.39 is 0 Å². The molecule has 1 aromatic carbocycles. The van der Waals surface area contributed by atoms with Gasteiger partial charge in [0.15, 0.2) is 11.5 Å². The van der Waals surface area contributed by atoms with Crippen molar-refractivity contribution in [2.75, 3.05) is 34.4 Å². The SMILES string of the molecule is CNCCCN=Cc1ccc(OC)c(OC)c1. The van der Waals surface area contributed by atoms with E-state index in [4.69, 9.17) is 9.47 Å². The van der Waals surface area contributed by atoms with Crippen LogP contribution in [0, 0.1) is 0 Å². The van der Waals surface area contributed by atoms with Crippen molar-refractivity contribution in [2.45, 2.75) is 6.42 Å². The molecule has 17 heavy (non-hydrogen) atoms. The van der Waals surface area contributed by atoms with Gasteiger partial charge in [-0.1, -0.05) is 0 Å². The number of ether oxygens (including phenoxy) is 2. The van der Waals surface area contributed by atoms with Gasteiger partial charge in [0, 0.05) is 12.8 Å². The molecule has 0 saturated carbocycles. The molecule has 1 rings (SSSR count). The zero-order valence-corrected chi connectivity index (χ0v) is 10.7. The molecule has 94 valence electrons. The van der Waals surface area contributed by atoms with E-state index in [1.54, 1.807) is 14.2 Å². The van der Waals surface area contributed by atoms with Gasteiger partial charge in [-0.15, -0.1) is 0 Å². The normalized spacial score (nSPS) is 10.8. The molecule has 0 aliphatic rings. The molecule has 4 nitrogen and oxygen atoms in total. The van der Waals surface area contributed by atoms with Gasteiger partial charge in [-0.2, -0.15) is 0 Å². The van der Waals surface area contributed by atoms with Gasteiger partial charge < -0.3 is 14.8 Å². The van der Waals surface area contributed by atoms with E-state index in [2.05, 4.69) is 10.3 Å². The molecule has 0 radical (unpaired) electrons. The van der Waals surface area contributed by atoms with Crippen molar-refractivity contribution in [3.63, 3.8) is 0 Å². The third-order valence-corrected chi connectivity index (χ3v) is 2.36. The predicted octanol–water partition coefficient (Wildman–Crippen LogP) is 1.73. The van der Waals surface area contributed by atoms with E-state index >= 15 is 0 Å².